The second kappa shape index (κ2) is 7.67. The largest absolute Gasteiger partial charge is 0.325 e. The van der Waals surface area contributed by atoms with Gasteiger partial charge >= 0.3 is 0 Å². The minimum absolute atomic E-state index is 0.526. The van der Waals surface area contributed by atoms with Crippen molar-refractivity contribution in [1.82, 2.24) is 20.2 Å². The van der Waals surface area contributed by atoms with Crippen LogP contribution in [-0.2, 0) is 0 Å². The van der Waals surface area contributed by atoms with E-state index in [1.54, 1.807) is 6.20 Å². The van der Waals surface area contributed by atoms with Crippen LogP contribution >= 0.6 is 0 Å². The van der Waals surface area contributed by atoms with Gasteiger partial charge in [0.25, 0.3) is 0 Å². The van der Waals surface area contributed by atoms with Crippen molar-refractivity contribution < 1.29 is 0 Å². The van der Waals surface area contributed by atoms with Gasteiger partial charge in [-0.05, 0) is 47.9 Å². The lowest BCUT2D eigenvalue weighted by atomic mass is 10.00. The highest BCUT2D eigenvalue weighted by Gasteiger charge is 2.10. The molecule has 2 aromatic heterocycles. The zero-order valence-electron chi connectivity index (χ0n) is 16.4. The molecule has 0 saturated heterocycles. The van der Waals surface area contributed by atoms with Crippen LogP contribution in [0.15, 0.2) is 85.1 Å². The first-order valence-electron chi connectivity index (χ1n) is 9.72. The van der Waals surface area contributed by atoms with Gasteiger partial charge in [-0.2, -0.15) is 10.1 Å². The van der Waals surface area contributed by atoms with Crippen LogP contribution in [0.2, 0.25) is 0 Å². The van der Waals surface area contributed by atoms with Crippen molar-refractivity contribution in [2.24, 2.45) is 0 Å². The normalized spacial score (nSPS) is 10.8. The smallest absolute Gasteiger partial charge is 0.229 e. The lowest BCUT2D eigenvalue weighted by molar-refractivity contribution is 1.09. The molecule has 146 valence electrons. The fraction of sp³-hybridized carbons (Fsp3) is 0.0417. The van der Waals surface area contributed by atoms with Gasteiger partial charge in [-0.15, -0.1) is 0 Å². The predicted octanol–water partition coefficient (Wildman–Crippen LogP) is 5.82. The van der Waals surface area contributed by atoms with Gasteiger partial charge in [0.15, 0.2) is 0 Å². The number of benzene rings is 3. The molecule has 0 amide bonds. The van der Waals surface area contributed by atoms with Crippen LogP contribution in [0, 0.1) is 6.92 Å². The summed E-state index contributed by atoms with van der Waals surface area (Å²) in [4.78, 5) is 9.41. The lowest BCUT2D eigenvalue weighted by Crippen LogP contribution is -2.02. The van der Waals surface area contributed by atoms with Crippen LogP contribution in [0.1, 0.15) is 5.56 Å². The van der Waals surface area contributed by atoms with E-state index in [1.165, 1.54) is 16.7 Å². The SMILES string of the molecule is Cc1ccc(Nc2nc(Nc3ccn[nH]3)c3ccccc3n2)cc1-c1ccccc1. The van der Waals surface area contributed by atoms with E-state index in [1.807, 2.05) is 42.5 Å². The molecule has 30 heavy (non-hydrogen) atoms. The van der Waals surface area contributed by atoms with Crippen LogP contribution in [0.4, 0.5) is 23.3 Å². The molecule has 5 aromatic rings. The Kier molecular flexibility index (Phi) is 4.57. The molecule has 0 aliphatic rings. The highest BCUT2D eigenvalue weighted by molar-refractivity contribution is 5.91. The summed E-state index contributed by atoms with van der Waals surface area (Å²) in [6, 6.07) is 26.4. The molecule has 0 radical (unpaired) electrons. The van der Waals surface area contributed by atoms with Gasteiger partial charge in [0.05, 0.1) is 11.7 Å². The minimum atomic E-state index is 0.526. The van der Waals surface area contributed by atoms with E-state index in [-0.39, 0.29) is 0 Å². The maximum atomic E-state index is 4.71. The number of fused-ring (bicyclic) bond motifs is 1. The van der Waals surface area contributed by atoms with E-state index in [4.69, 9.17) is 9.97 Å². The Bertz CT molecular complexity index is 1300. The van der Waals surface area contributed by atoms with Crippen molar-refractivity contribution in [3.63, 3.8) is 0 Å². The molecule has 3 aromatic carbocycles. The molecule has 3 N–H and O–H groups in total. The third kappa shape index (κ3) is 3.58. The summed E-state index contributed by atoms with van der Waals surface area (Å²) in [5, 5.41) is 14.5. The third-order valence-electron chi connectivity index (χ3n) is 4.94. The van der Waals surface area contributed by atoms with Crippen molar-refractivity contribution in [3.8, 4) is 11.1 Å². The summed E-state index contributed by atoms with van der Waals surface area (Å²) >= 11 is 0. The molecule has 0 spiro atoms. The fourth-order valence-corrected chi connectivity index (χ4v) is 3.44. The second-order valence-electron chi connectivity index (χ2n) is 7.03. The van der Waals surface area contributed by atoms with Gasteiger partial charge in [0, 0.05) is 17.1 Å². The fourth-order valence-electron chi connectivity index (χ4n) is 3.44. The molecule has 5 rings (SSSR count). The zero-order chi connectivity index (χ0) is 20.3. The van der Waals surface area contributed by atoms with Gasteiger partial charge in [0.2, 0.25) is 5.95 Å². The van der Waals surface area contributed by atoms with E-state index in [0.29, 0.717) is 11.8 Å². The minimum Gasteiger partial charge on any atom is -0.325 e. The van der Waals surface area contributed by atoms with E-state index in [2.05, 4.69) is 64.2 Å². The maximum Gasteiger partial charge on any atom is 0.229 e. The zero-order valence-corrected chi connectivity index (χ0v) is 16.4. The second-order valence-corrected chi connectivity index (χ2v) is 7.03. The Labute approximate surface area is 174 Å². The highest BCUT2D eigenvalue weighted by atomic mass is 15.2. The number of aryl methyl sites for hydroxylation is 1. The monoisotopic (exact) mass is 392 g/mol. The van der Waals surface area contributed by atoms with Gasteiger partial charge in [-0.3, -0.25) is 5.10 Å². The van der Waals surface area contributed by atoms with Crippen molar-refractivity contribution in [2.75, 3.05) is 10.6 Å². The van der Waals surface area contributed by atoms with E-state index >= 15 is 0 Å². The molecular weight excluding hydrogens is 372 g/mol. The first kappa shape index (κ1) is 17.9. The molecule has 6 nitrogen and oxygen atoms in total. The van der Waals surface area contributed by atoms with Crippen LogP contribution in [0.5, 0.6) is 0 Å². The Morgan fingerprint density at radius 2 is 1.63 bits per heavy atom. The van der Waals surface area contributed by atoms with Crippen molar-refractivity contribution >= 4 is 34.2 Å². The van der Waals surface area contributed by atoms with Gasteiger partial charge in [-0.25, -0.2) is 4.98 Å². The van der Waals surface area contributed by atoms with Crippen molar-refractivity contribution in [2.45, 2.75) is 6.92 Å². The maximum absolute atomic E-state index is 4.71. The van der Waals surface area contributed by atoms with Crippen molar-refractivity contribution in [3.05, 3.63) is 90.6 Å². The van der Waals surface area contributed by atoms with E-state index in [0.717, 1.165) is 22.4 Å². The Balaban J connectivity index is 1.53. The summed E-state index contributed by atoms with van der Waals surface area (Å²) in [5.41, 5.74) is 5.36. The average molecular weight is 392 g/mol. The lowest BCUT2D eigenvalue weighted by Gasteiger charge is -2.13. The Morgan fingerprint density at radius 3 is 2.47 bits per heavy atom. The summed E-state index contributed by atoms with van der Waals surface area (Å²) in [5.74, 6) is 2.01. The highest BCUT2D eigenvalue weighted by Crippen LogP contribution is 2.29. The average Bonchev–Trinajstić information content (AvgIpc) is 3.29. The number of nitrogens with one attached hydrogen (secondary N) is 3. The van der Waals surface area contributed by atoms with E-state index in [9.17, 15) is 0 Å². The number of H-pyrrole nitrogens is 1. The van der Waals surface area contributed by atoms with E-state index < -0.39 is 0 Å². The van der Waals surface area contributed by atoms with Gasteiger partial charge < -0.3 is 10.6 Å². The Morgan fingerprint density at radius 1 is 0.800 bits per heavy atom. The van der Waals surface area contributed by atoms with Crippen LogP contribution in [-0.4, -0.2) is 20.2 Å². The molecule has 2 heterocycles. The number of aromatic nitrogens is 4. The third-order valence-corrected chi connectivity index (χ3v) is 4.94. The van der Waals surface area contributed by atoms with Gasteiger partial charge in [-0.1, -0.05) is 48.5 Å². The Hall–Kier alpha value is -4.19. The molecule has 0 bridgehead atoms. The number of hydrogen-bond acceptors (Lipinski definition) is 5. The van der Waals surface area contributed by atoms with Crippen molar-refractivity contribution in [1.29, 1.82) is 0 Å². The number of para-hydroxylation sites is 1. The van der Waals surface area contributed by atoms with Crippen LogP contribution < -0.4 is 10.6 Å². The number of anilines is 4. The molecular formula is C24H20N6. The number of rotatable bonds is 5. The van der Waals surface area contributed by atoms with Crippen LogP contribution in [0.3, 0.4) is 0 Å². The summed E-state index contributed by atoms with van der Waals surface area (Å²) in [6.45, 7) is 2.12. The molecule has 0 atom stereocenters. The molecule has 6 heteroatoms. The summed E-state index contributed by atoms with van der Waals surface area (Å²) in [7, 11) is 0. The number of hydrogen-bond donors (Lipinski definition) is 3. The molecule has 0 aliphatic carbocycles. The summed E-state index contributed by atoms with van der Waals surface area (Å²) < 4.78 is 0. The molecule has 0 aliphatic heterocycles. The molecule has 0 saturated carbocycles. The quantitative estimate of drug-likeness (QED) is 0.351. The molecule has 0 unspecified atom stereocenters. The standard InChI is InChI=1S/C24H20N6/c1-16-11-12-18(15-20(16)17-7-3-2-4-8-17)26-24-27-21-10-6-5-9-19(21)23(29-24)28-22-13-14-25-30-22/h2-15H,1H3,(H3,25,26,27,28,29,30). The topological polar surface area (TPSA) is 78.5 Å². The first-order valence-corrected chi connectivity index (χ1v) is 9.72. The van der Waals surface area contributed by atoms with Gasteiger partial charge in [0.1, 0.15) is 11.6 Å². The summed E-state index contributed by atoms with van der Waals surface area (Å²) in [6.07, 6.45) is 1.70. The molecule has 0 fully saturated rings. The predicted molar refractivity (Wildman–Crippen MR) is 121 cm³/mol. The van der Waals surface area contributed by atoms with Crippen LogP contribution in [0.25, 0.3) is 22.0 Å². The number of nitrogens with zero attached hydrogens (tertiary/aromatic N) is 3. The first-order chi connectivity index (χ1) is 14.8. The number of aromatic amines is 1.